The highest BCUT2D eigenvalue weighted by molar-refractivity contribution is 7.14. The molecule has 0 amide bonds. The molecule has 0 aromatic carbocycles. The highest BCUT2D eigenvalue weighted by atomic mass is 32.1. The maximum atomic E-state index is 11.1. The second kappa shape index (κ2) is 3.92. The van der Waals surface area contributed by atoms with Crippen LogP contribution in [0.1, 0.15) is 15.2 Å². The van der Waals surface area contributed by atoms with Crippen molar-refractivity contribution in [3.63, 3.8) is 0 Å². The molecule has 4 nitrogen and oxygen atoms in total. The topological polar surface area (TPSA) is 59.3 Å². The molecule has 0 aliphatic carbocycles. The molecule has 0 saturated heterocycles. The Bertz CT molecular complexity index is 364. The van der Waals surface area contributed by atoms with Crippen LogP contribution in [0, 0.1) is 11.3 Å². The third-order valence-corrected chi connectivity index (χ3v) is 2.40. The second-order valence-corrected chi connectivity index (χ2v) is 3.13. The smallest absolute Gasteiger partial charge is 0.342 e. The molecule has 1 aromatic rings. The van der Waals surface area contributed by atoms with E-state index in [1.54, 1.807) is 0 Å². The second-order valence-electron chi connectivity index (χ2n) is 2.12. The number of hydrogen-bond acceptors (Lipinski definition) is 5. The predicted molar refractivity (Wildman–Crippen MR) is 46.9 cm³/mol. The molecule has 1 aromatic heterocycles. The van der Waals surface area contributed by atoms with E-state index in [4.69, 9.17) is 10.00 Å². The number of nitriles is 1. The van der Waals surface area contributed by atoms with Gasteiger partial charge in [0, 0.05) is 0 Å². The largest absolute Gasteiger partial charge is 0.487 e. The lowest BCUT2D eigenvalue weighted by atomic mass is 10.3. The van der Waals surface area contributed by atoms with E-state index in [2.05, 4.69) is 4.74 Å². The minimum Gasteiger partial charge on any atom is -0.487 e. The van der Waals surface area contributed by atoms with E-state index < -0.39 is 5.97 Å². The van der Waals surface area contributed by atoms with E-state index >= 15 is 0 Å². The van der Waals surface area contributed by atoms with Crippen molar-refractivity contribution in [2.75, 3.05) is 14.2 Å². The Balaban J connectivity index is 3.13. The molecule has 0 aliphatic heterocycles. The van der Waals surface area contributed by atoms with Crippen LogP contribution in [-0.4, -0.2) is 20.2 Å². The summed E-state index contributed by atoms with van der Waals surface area (Å²) < 4.78 is 9.43. The number of carbonyl (C=O) groups excluding carboxylic acids is 1. The Morgan fingerprint density at radius 2 is 2.31 bits per heavy atom. The van der Waals surface area contributed by atoms with E-state index in [1.807, 2.05) is 6.07 Å². The lowest BCUT2D eigenvalue weighted by molar-refractivity contribution is 0.0598. The number of esters is 1. The van der Waals surface area contributed by atoms with Gasteiger partial charge in [-0.25, -0.2) is 4.79 Å². The molecule has 0 bridgehead atoms. The quantitative estimate of drug-likeness (QED) is 0.672. The molecule has 1 heterocycles. The average molecular weight is 197 g/mol. The van der Waals surface area contributed by atoms with Crippen LogP contribution >= 0.6 is 11.3 Å². The van der Waals surface area contributed by atoms with Crippen molar-refractivity contribution in [2.45, 2.75) is 0 Å². The zero-order chi connectivity index (χ0) is 9.84. The summed E-state index contributed by atoms with van der Waals surface area (Å²) in [7, 11) is 2.73. The summed E-state index contributed by atoms with van der Waals surface area (Å²) in [6.07, 6.45) is 0. The van der Waals surface area contributed by atoms with Crippen molar-refractivity contribution in [1.82, 2.24) is 0 Å². The van der Waals surface area contributed by atoms with Crippen molar-refractivity contribution < 1.29 is 14.3 Å². The zero-order valence-corrected chi connectivity index (χ0v) is 7.97. The Morgan fingerprint density at radius 1 is 1.62 bits per heavy atom. The number of ether oxygens (including phenoxy) is 2. The minimum atomic E-state index is -0.491. The molecular formula is C8H7NO3S. The van der Waals surface area contributed by atoms with Crippen LogP contribution in [-0.2, 0) is 4.74 Å². The molecule has 0 N–H and O–H groups in total. The molecular weight excluding hydrogens is 190 g/mol. The zero-order valence-electron chi connectivity index (χ0n) is 7.16. The SMILES string of the molecule is COC(=O)c1cc(C#N)sc1OC. The van der Waals surface area contributed by atoms with Gasteiger partial charge < -0.3 is 9.47 Å². The van der Waals surface area contributed by atoms with Crippen LogP contribution in [0.3, 0.4) is 0 Å². The Kier molecular flexibility index (Phi) is 2.88. The van der Waals surface area contributed by atoms with E-state index in [1.165, 1.54) is 20.3 Å². The number of carbonyl (C=O) groups is 1. The summed E-state index contributed by atoms with van der Waals surface area (Å²) in [5.74, 6) is -0.491. The lowest BCUT2D eigenvalue weighted by Crippen LogP contribution is -2.00. The molecule has 0 unspecified atom stereocenters. The van der Waals surface area contributed by atoms with Gasteiger partial charge in [-0.3, -0.25) is 0 Å². The number of rotatable bonds is 2. The molecule has 1 rings (SSSR count). The van der Waals surface area contributed by atoms with Crippen LogP contribution in [0.2, 0.25) is 0 Å². The molecule has 0 fully saturated rings. The van der Waals surface area contributed by atoms with Crippen molar-refractivity contribution in [3.8, 4) is 11.1 Å². The average Bonchev–Trinajstić information content (AvgIpc) is 2.59. The summed E-state index contributed by atoms with van der Waals surface area (Å²) in [4.78, 5) is 11.5. The van der Waals surface area contributed by atoms with Crippen LogP contribution in [0.5, 0.6) is 5.06 Å². The Morgan fingerprint density at radius 3 is 2.77 bits per heavy atom. The summed E-state index contributed by atoms with van der Waals surface area (Å²) in [5, 5.41) is 8.98. The van der Waals surface area contributed by atoms with E-state index in [-0.39, 0.29) is 0 Å². The van der Waals surface area contributed by atoms with Crippen LogP contribution < -0.4 is 4.74 Å². The molecule has 0 saturated carbocycles. The lowest BCUT2D eigenvalue weighted by Gasteiger charge is -1.98. The maximum Gasteiger partial charge on any atom is 0.342 e. The first-order valence-electron chi connectivity index (χ1n) is 3.39. The van der Waals surface area contributed by atoms with Gasteiger partial charge in [0.2, 0.25) is 0 Å². The third kappa shape index (κ3) is 1.79. The predicted octanol–water partition coefficient (Wildman–Crippen LogP) is 1.41. The van der Waals surface area contributed by atoms with Crippen molar-refractivity contribution in [3.05, 3.63) is 16.5 Å². The number of nitrogens with zero attached hydrogens (tertiary/aromatic N) is 1. The molecule has 0 aliphatic rings. The summed E-state index contributed by atoms with van der Waals surface area (Å²) in [6.45, 7) is 0. The van der Waals surface area contributed by atoms with Crippen molar-refractivity contribution >= 4 is 17.3 Å². The van der Waals surface area contributed by atoms with Gasteiger partial charge in [0.05, 0.1) is 14.2 Å². The van der Waals surface area contributed by atoms with Crippen LogP contribution in [0.25, 0.3) is 0 Å². The fraction of sp³-hybridized carbons (Fsp3) is 0.250. The molecule has 68 valence electrons. The first-order chi connectivity index (χ1) is 6.22. The van der Waals surface area contributed by atoms with Gasteiger partial charge >= 0.3 is 5.97 Å². The minimum absolute atomic E-state index is 0.298. The maximum absolute atomic E-state index is 11.1. The van der Waals surface area contributed by atoms with E-state index in [9.17, 15) is 4.79 Å². The first kappa shape index (κ1) is 9.55. The molecule has 13 heavy (non-hydrogen) atoms. The van der Waals surface area contributed by atoms with Gasteiger partial charge in [-0.05, 0) is 6.07 Å². The van der Waals surface area contributed by atoms with Gasteiger partial charge in [0.1, 0.15) is 16.5 Å². The third-order valence-electron chi connectivity index (χ3n) is 1.40. The van der Waals surface area contributed by atoms with Gasteiger partial charge in [-0.1, -0.05) is 11.3 Å². The van der Waals surface area contributed by atoms with Gasteiger partial charge in [-0.15, -0.1) is 0 Å². The van der Waals surface area contributed by atoms with Gasteiger partial charge in [0.25, 0.3) is 0 Å². The number of thiophene rings is 1. The highest BCUT2D eigenvalue weighted by Crippen LogP contribution is 2.30. The Labute approximate surface area is 79.3 Å². The fourth-order valence-corrected chi connectivity index (χ4v) is 1.59. The molecule has 0 radical (unpaired) electrons. The highest BCUT2D eigenvalue weighted by Gasteiger charge is 2.16. The van der Waals surface area contributed by atoms with Crippen LogP contribution in [0.4, 0.5) is 0 Å². The van der Waals surface area contributed by atoms with Gasteiger partial charge in [0.15, 0.2) is 5.06 Å². The van der Waals surface area contributed by atoms with Crippen LogP contribution in [0.15, 0.2) is 6.07 Å². The van der Waals surface area contributed by atoms with Crippen molar-refractivity contribution in [2.24, 2.45) is 0 Å². The Hall–Kier alpha value is -1.54. The van der Waals surface area contributed by atoms with Gasteiger partial charge in [-0.2, -0.15) is 5.26 Å². The van der Waals surface area contributed by atoms with E-state index in [0.717, 1.165) is 11.3 Å². The summed E-state index contributed by atoms with van der Waals surface area (Å²) >= 11 is 1.12. The summed E-state index contributed by atoms with van der Waals surface area (Å²) in [5.41, 5.74) is 0.298. The molecule has 0 atom stereocenters. The monoisotopic (exact) mass is 197 g/mol. The molecule has 5 heteroatoms. The number of methoxy groups -OCH3 is 2. The number of hydrogen-bond donors (Lipinski definition) is 0. The standard InChI is InChI=1S/C8H7NO3S/c1-11-7(10)6-3-5(4-9)13-8(6)12-2/h3H,1-2H3. The van der Waals surface area contributed by atoms with E-state index in [0.29, 0.717) is 15.5 Å². The first-order valence-corrected chi connectivity index (χ1v) is 4.20. The normalized spacial score (nSPS) is 9.00. The van der Waals surface area contributed by atoms with Crippen molar-refractivity contribution in [1.29, 1.82) is 5.26 Å². The summed E-state index contributed by atoms with van der Waals surface area (Å²) in [6, 6.07) is 3.39. The fourth-order valence-electron chi connectivity index (χ4n) is 0.833. The molecule has 0 spiro atoms.